The van der Waals surface area contributed by atoms with Crippen molar-refractivity contribution in [3.05, 3.63) is 16.1 Å². The van der Waals surface area contributed by atoms with Gasteiger partial charge in [-0.05, 0) is 12.8 Å². The molecule has 0 aliphatic carbocycles. The lowest BCUT2D eigenvalue weighted by molar-refractivity contribution is 0.596. The second-order valence-corrected chi connectivity index (χ2v) is 4.28. The molecule has 0 saturated carbocycles. The zero-order valence-corrected chi connectivity index (χ0v) is 9.53. The molecule has 76 valence electrons. The van der Waals surface area contributed by atoms with E-state index in [1.807, 2.05) is 6.20 Å². The number of terminal acetylenes is 1. The van der Waals surface area contributed by atoms with Crippen LogP contribution in [0.2, 0.25) is 0 Å². The van der Waals surface area contributed by atoms with Crippen LogP contribution in [0.25, 0.3) is 0 Å². The van der Waals surface area contributed by atoms with Crippen LogP contribution >= 0.6 is 11.3 Å². The number of hydrogen-bond donors (Lipinski definition) is 1. The minimum atomic E-state index is 0.183. The predicted octanol–water partition coefficient (Wildman–Crippen LogP) is 2.21. The van der Waals surface area contributed by atoms with Gasteiger partial charge in [0.25, 0.3) is 0 Å². The normalized spacial score (nSPS) is 12.4. The monoisotopic (exact) mass is 208 g/mol. The van der Waals surface area contributed by atoms with Crippen molar-refractivity contribution in [3.8, 4) is 12.3 Å². The van der Waals surface area contributed by atoms with Gasteiger partial charge in [-0.2, -0.15) is 0 Å². The number of aryl methyl sites for hydroxylation is 1. The molecule has 14 heavy (non-hydrogen) atoms. The van der Waals surface area contributed by atoms with Gasteiger partial charge in [0.05, 0.1) is 11.0 Å². The highest BCUT2D eigenvalue weighted by Gasteiger charge is 2.03. The third-order valence-electron chi connectivity index (χ3n) is 2.04. The Labute approximate surface area is 89.8 Å². The number of rotatable bonds is 5. The summed E-state index contributed by atoms with van der Waals surface area (Å²) in [7, 11) is 0. The molecular weight excluding hydrogens is 192 g/mol. The van der Waals surface area contributed by atoms with Crippen molar-refractivity contribution in [2.24, 2.45) is 0 Å². The van der Waals surface area contributed by atoms with E-state index in [9.17, 15) is 0 Å². The molecule has 1 unspecified atom stereocenters. The van der Waals surface area contributed by atoms with Crippen LogP contribution in [-0.4, -0.2) is 11.0 Å². The molecule has 1 aromatic rings. The summed E-state index contributed by atoms with van der Waals surface area (Å²) in [5.41, 5.74) is 0. The van der Waals surface area contributed by atoms with Gasteiger partial charge < -0.3 is 0 Å². The molecule has 1 rings (SSSR count). The van der Waals surface area contributed by atoms with Crippen molar-refractivity contribution < 1.29 is 0 Å². The van der Waals surface area contributed by atoms with Gasteiger partial charge in [-0.3, -0.25) is 5.32 Å². The molecule has 1 atom stereocenters. The maximum atomic E-state index is 5.35. The Morgan fingerprint density at radius 1 is 1.64 bits per heavy atom. The van der Waals surface area contributed by atoms with Crippen LogP contribution in [0.3, 0.4) is 0 Å². The molecule has 1 aromatic heterocycles. The highest BCUT2D eigenvalue weighted by Crippen LogP contribution is 2.13. The Balaban J connectivity index is 2.41. The molecule has 0 bridgehead atoms. The Bertz CT molecular complexity index is 311. The van der Waals surface area contributed by atoms with Gasteiger partial charge in [-0.25, -0.2) is 4.98 Å². The van der Waals surface area contributed by atoms with E-state index < -0.39 is 0 Å². The average molecular weight is 208 g/mol. The topological polar surface area (TPSA) is 24.9 Å². The maximum Gasteiger partial charge on any atom is 0.0925 e. The van der Waals surface area contributed by atoms with E-state index in [0.29, 0.717) is 0 Å². The molecule has 0 aromatic carbocycles. The first kappa shape index (κ1) is 11.2. The molecule has 1 heterocycles. The van der Waals surface area contributed by atoms with Crippen molar-refractivity contribution in [2.45, 2.75) is 39.3 Å². The van der Waals surface area contributed by atoms with Gasteiger partial charge in [0, 0.05) is 17.6 Å². The molecule has 0 saturated heterocycles. The number of nitrogens with zero attached hydrogens (tertiary/aromatic N) is 1. The molecule has 3 heteroatoms. The van der Waals surface area contributed by atoms with E-state index in [0.717, 1.165) is 19.4 Å². The fraction of sp³-hybridized carbons (Fsp3) is 0.545. The number of thiazole rings is 1. The molecule has 0 fully saturated rings. The molecule has 0 aliphatic heterocycles. The Morgan fingerprint density at radius 2 is 2.43 bits per heavy atom. The number of nitrogens with one attached hydrogen (secondary N) is 1. The predicted molar refractivity (Wildman–Crippen MR) is 61.2 cm³/mol. The minimum absolute atomic E-state index is 0.183. The first-order valence-electron chi connectivity index (χ1n) is 4.93. The Hall–Kier alpha value is -0.850. The van der Waals surface area contributed by atoms with E-state index in [2.05, 4.69) is 30.1 Å². The summed E-state index contributed by atoms with van der Waals surface area (Å²) in [4.78, 5) is 5.55. The summed E-state index contributed by atoms with van der Waals surface area (Å²) < 4.78 is 0. The first-order valence-corrected chi connectivity index (χ1v) is 5.74. The number of hydrogen-bond acceptors (Lipinski definition) is 3. The van der Waals surface area contributed by atoms with Crippen LogP contribution in [0.1, 0.15) is 30.2 Å². The van der Waals surface area contributed by atoms with E-state index in [1.54, 1.807) is 11.3 Å². The van der Waals surface area contributed by atoms with Crippen LogP contribution in [0, 0.1) is 12.3 Å². The molecular formula is C11H16N2S. The molecule has 0 spiro atoms. The van der Waals surface area contributed by atoms with Gasteiger partial charge in [0.15, 0.2) is 0 Å². The zero-order valence-electron chi connectivity index (χ0n) is 8.71. The van der Waals surface area contributed by atoms with Crippen LogP contribution in [0.15, 0.2) is 6.20 Å². The van der Waals surface area contributed by atoms with Gasteiger partial charge in [-0.15, -0.1) is 17.8 Å². The SMILES string of the molecule is C#CC(CC)NCc1cnc(CC)s1. The van der Waals surface area contributed by atoms with Gasteiger partial charge in [0.2, 0.25) is 0 Å². The summed E-state index contributed by atoms with van der Waals surface area (Å²) >= 11 is 1.75. The summed E-state index contributed by atoms with van der Waals surface area (Å²) in [6.07, 6.45) is 9.26. The fourth-order valence-electron chi connectivity index (χ4n) is 1.14. The van der Waals surface area contributed by atoms with Crippen molar-refractivity contribution in [1.29, 1.82) is 0 Å². The zero-order chi connectivity index (χ0) is 10.4. The van der Waals surface area contributed by atoms with E-state index in [-0.39, 0.29) is 6.04 Å². The summed E-state index contributed by atoms with van der Waals surface area (Å²) in [5.74, 6) is 2.72. The minimum Gasteiger partial charge on any atom is -0.299 e. The van der Waals surface area contributed by atoms with Crippen LogP contribution in [0.4, 0.5) is 0 Å². The largest absolute Gasteiger partial charge is 0.299 e. The standard InChI is InChI=1S/C11H16N2S/c1-4-9(5-2)12-7-10-8-13-11(6-3)14-10/h1,8-9,12H,5-7H2,2-3H3. The third kappa shape index (κ3) is 3.13. The maximum absolute atomic E-state index is 5.35. The van der Waals surface area contributed by atoms with Crippen molar-refractivity contribution in [2.75, 3.05) is 0 Å². The van der Waals surface area contributed by atoms with Crippen LogP contribution < -0.4 is 5.32 Å². The first-order chi connectivity index (χ1) is 6.80. The highest BCUT2D eigenvalue weighted by molar-refractivity contribution is 7.11. The average Bonchev–Trinajstić information content (AvgIpc) is 2.67. The fourth-order valence-corrected chi connectivity index (χ4v) is 1.95. The Morgan fingerprint density at radius 3 is 2.93 bits per heavy atom. The second-order valence-electron chi connectivity index (χ2n) is 3.08. The lowest BCUT2D eigenvalue weighted by Gasteiger charge is -2.08. The Kier molecular flexibility index (Phi) is 4.64. The highest BCUT2D eigenvalue weighted by atomic mass is 32.1. The molecule has 0 aliphatic rings. The molecule has 0 radical (unpaired) electrons. The van der Waals surface area contributed by atoms with Crippen LogP contribution in [0.5, 0.6) is 0 Å². The van der Waals surface area contributed by atoms with E-state index in [4.69, 9.17) is 6.42 Å². The van der Waals surface area contributed by atoms with Gasteiger partial charge in [0.1, 0.15) is 0 Å². The summed E-state index contributed by atoms with van der Waals surface area (Å²) in [6.45, 7) is 5.04. The van der Waals surface area contributed by atoms with Crippen molar-refractivity contribution >= 4 is 11.3 Å². The van der Waals surface area contributed by atoms with Crippen LogP contribution in [-0.2, 0) is 13.0 Å². The quantitative estimate of drug-likeness (QED) is 0.750. The second kappa shape index (κ2) is 5.79. The molecule has 0 amide bonds. The summed E-state index contributed by atoms with van der Waals surface area (Å²) in [5, 5.41) is 4.50. The smallest absolute Gasteiger partial charge is 0.0925 e. The third-order valence-corrected chi connectivity index (χ3v) is 3.18. The molecule has 1 N–H and O–H groups in total. The van der Waals surface area contributed by atoms with E-state index in [1.165, 1.54) is 9.88 Å². The molecule has 2 nitrogen and oxygen atoms in total. The number of aromatic nitrogens is 1. The van der Waals surface area contributed by atoms with Crippen molar-refractivity contribution in [3.63, 3.8) is 0 Å². The van der Waals surface area contributed by atoms with Gasteiger partial charge in [-0.1, -0.05) is 19.8 Å². The lowest BCUT2D eigenvalue weighted by Crippen LogP contribution is -2.25. The summed E-state index contributed by atoms with van der Waals surface area (Å²) in [6, 6.07) is 0.183. The lowest BCUT2D eigenvalue weighted by atomic mass is 10.2. The van der Waals surface area contributed by atoms with Crippen molar-refractivity contribution in [1.82, 2.24) is 10.3 Å². The van der Waals surface area contributed by atoms with E-state index >= 15 is 0 Å². The van der Waals surface area contributed by atoms with Gasteiger partial charge >= 0.3 is 0 Å².